The molecule has 0 radical (unpaired) electrons. The Hall–Kier alpha value is -1.12. The SMILES string of the molecule is CCCC=C(CCC)C(=O)OC=O. The van der Waals surface area contributed by atoms with E-state index in [1.807, 2.05) is 19.9 Å². The van der Waals surface area contributed by atoms with E-state index in [1.165, 1.54) is 0 Å². The van der Waals surface area contributed by atoms with E-state index in [9.17, 15) is 9.59 Å². The van der Waals surface area contributed by atoms with Crippen molar-refractivity contribution in [2.45, 2.75) is 39.5 Å². The van der Waals surface area contributed by atoms with Gasteiger partial charge in [-0.15, -0.1) is 0 Å². The van der Waals surface area contributed by atoms with Crippen LogP contribution in [0.1, 0.15) is 39.5 Å². The van der Waals surface area contributed by atoms with E-state index in [4.69, 9.17) is 0 Å². The highest BCUT2D eigenvalue weighted by atomic mass is 16.6. The molecule has 0 saturated heterocycles. The van der Waals surface area contributed by atoms with Crippen LogP contribution in [0.2, 0.25) is 0 Å². The summed E-state index contributed by atoms with van der Waals surface area (Å²) in [7, 11) is 0. The molecule has 0 aliphatic heterocycles. The molecule has 0 aliphatic rings. The lowest BCUT2D eigenvalue weighted by Gasteiger charge is -2.01. The molecule has 0 heterocycles. The zero-order valence-electron chi connectivity index (χ0n) is 8.21. The molecule has 0 aromatic carbocycles. The summed E-state index contributed by atoms with van der Waals surface area (Å²) in [4.78, 5) is 21.0. The van der Waals surface area contributed by atoms with E-state index >= 15 is 0 Å². The first-order valence-electron chi connectivity index (χ1n) is 4.59. The molecule has 13 heavy (non-hydrogen) atoms. The van der Waals surface area contributed by atoms with Crippen LogP contribution in [0.15, 0.2) is 11.6 Å². The average molecular weight is 184 g/mol. The Bertz CT molecular complexity index is 194. The summed E-state index contributed by atoms with van der Waals surface area (Å²) in [6, 6.07) is 0. The number of esters is 1. The highest BCUT2D eigenvalue weighted by molar-refractivity contribution is 5.92. The second-order valence-corrected chi connectivity index (χ2v) is 2.77. The molecule has 0 aliphatic carbocycles. The van der Waals surface area contributed by atoms with Crippen molar-refractivity contribution in [2.75, 3.05) is 0 Å². The van der Waals surface area contributed by atoms with Crippen LogP contribution in [0.4, 0.5) is 0 Å². The number of hydrogen-bond donors (Lipinski definition) is 0. The second kappa shape index (κ2) is 7.53. The molecule has 0 rings (SSSR count). The number of hydrogen-bond acceptors (Lipinski definition) is 3. The molecule has 0 unspecified atom stereocenters. The van der Waals surface area contributed by atoms with Gasteiger partial charge in [0.15, 0.2) is 0 Å². The third-order valence-corrected chi connectivity index (χ3v) is 1.62. The Labute approximate surface area is 78.8 Å². The smallest absolute Gasteiger partial charge is 0.341 e. The minimum absolute atomic E-state index is 0.178. The molecule has 3 nitrogen and oxygen atoms in total. The molecule has 3 heteroatoms. The molecule has 0 aromatic rings. The van der Waals surface area contributed by atoms with Crippen LogP contribution in [0.3, 0.4) is 0 Å². The molecule has 0 spiro atoms. The van der Waals surface area contributed by atoms with Gasteiger partial charge in [0.2, 0.25) is 0 Å². The number of allylic oxidation sites excluding steroid dienone is 1. The molecular formula is C10H16O3. The normalized spacial score (nSPS) is 11.1. The molecule has 0 saturated carbocycles. The number of ether oxygens (including phenoxy) is 1. The average Bonchev–Trinajstić information content (AvgIpc) is 2.12. The Morgan fingerprint density at radius 3 is 2.46 bits per heavy atom. The molecule has 0 N–H and O–H groups in total. The standard InChI is InChI=1S/C10H16O3/c1-3-5-7-9(6-4-2)10(12)13-8-11/h7-8H,3-6H2,1-2H3. The third-order valence-electron chi connectivity index (χ3n) is 1.62. The van der Waals surface area contributed by atoms with Gasteiger partial charge in [-0.2, -0.15) is 0 Å². The minimum atomic E-state index is -0.509. The van der Waals surface area contributed by atoms with Crippen LogP contribution in [-0.2, 0) is 14.3 Å². The monoisotopic (exact) mass is 184 g/mol. The Balaban J connectivity index is 4.21. The van der Waals surface area contributed by atoms with Crippen LogP contribution in [0.5, 0.6) is 0 Å². The maximum Gasteiger partial charge on any atom is 0.341 e. The molecule has 0 bridgehead atoms. The predicted molar refractivity (Wildman–Crippen MR) is 50.1 cm³/mol. The first-order chi connectivity index (χ1) is 6.26. The van der Waals surface area contributed by atoms with Gasteiger partial charge in [-0.3, -0.25) is 4.79 Å². The first-order valence-corrected chi connectivity index (χ1v) is 4.59. The lowest BCUT2D eigenvalue weighted by atomic mass is 10.1. The van der Waals surface area contributed by atoms with Crippen molar-refractivity contribution in [3.05, 3.63) is 11.6 Å². The largest absolute Gasteiger partial charge is 0.392 e. The van der Waals surface area contributed by atoms with E-state index in [-0.39, 0.29) is 6.47 Å². The highest BCUT2D eigenvalue weighted by Crippen LogP contribution is 2.08. The van der Waals surface area contributed by atoms with Gasteiger partial charge in [0.1, 0.15) is 0 Å². The maximum atomic E-state index is 11.1. The van der Waals surface area contributed by atoms with Crippen LogP contribution in [0, 0.1) is 0 Å². The van der Waals surface area contributed by atoms with Crippen molar-refractivity contribution in [1.82, 2.24) is 0 Å². The van der Waals surface area contributed by atoms with E-state index in [1.54, 1.807) is 0 Å². The fraction of sp³-hybridized carbons (Fsp3) is 0.600. The number of rotatable bonds is 6. The number of unbranched alkanes of at least 4 members (excludes halogenated alkanes) is 1. The van der Waals surface area contributed by atoms with Gasteiger partial charge in [-0.05, 0) is 12.8 Å². The Morgan fingerprint density at radius 1 is 1.31 bits per heavy atom. The Morgan fingerprint density at radius 2 is 2.00 bits per heavy atom. The molecule has 0 fully saturated rings. The van der Waals surface area contributed by atoms with Gasteiger partial charge in [0.05, 0.1) is 0 Å². The van der Waals surface area contributed by atoms with Gasteiger partial charge in [0.25, 0.3) is 0 Å². The molecule has 0 aromatic heterocycles. The molecular weight excluding hydrogens is 168 g/mol. The lowest BCUT2D eigenvalue weighted by molar-refractivity contribution is -0.148. The molecule has 74 valence electrons. The van der Waals surface area contributed by atoms with Crippen LogP contribution in [0.25, 0.3) is 0 Å². The van der Waals surface area contributed by atoms with Gasteiger partial charge in [-0.1, -0.05) is 32.8 Å². The molecule has 0 amide bonds. The molecule has 0 atom stereocenters. The van der Waals surface area contributed by atoms with Crippen LogP contribution < -0.4 is 0 Å². The van der Waals surface area contributed by atoms with Crippen molar-refractivity contribution < 1.29 is 14.3 Å². The van der Waals surface area contributed by atoms with Gasteiger partial charge in [0, 0.05) is 5.57 Å². The van der Waals surface area contributed by atoms with Crippen LogP contribution >= 0.6 is 0 Å². The predicted octanol–water partition coefficient (Wildman–Crippen LogP) is 2.21. The van der Waals surface area contributed by atoms with Gasteiger partial charge < -0.3 is 4.74 Å². The van der Waals surface area contributed by atoms with Crippen molar-refractivity contribution >= 4 is 12.4 Å². The quantitative estimate of drug-likeness (QED) is 0.275. The van der Waals surface area contributed by atoms with Crippen molar-refractivity contribution in [2.24, 2.45) is 0 Å². The van der Waals surface area contributed by atoms with Crippen LogP contribution in [-0.4, -0.2) is 12.4 Å². The van der Waals surface area contributed by atoms with E-state index in [2.05, 4.69) is 4.74 Å². The summed E-state index contributed by atoms with van der Waals surface area (Å²) in [5.74, 6) is -0.509. The third kappa shape index (κ3) is 5.17. The van der Waals surface area contributed by atoms with Gasteiger partial charge in [-0.25, -0.2) is 4.79 Å². The maximum absolute atomic E-state index is 11.1. The van der Waals surface area contributed by atoms with E-state index in [0.717, 1.165) is 19.3 Å². The highest BCUT2D eigenvalue weighted by Gasteiger charge is 2.08. The number of carbonyl (C=O) groups is 2. The van der Waals surface area contributed by atoms with Crippen molar-refractivity contribution in [3.63, 3.8) is 0 Å². The topological polar surface area (TPSA) is 43.4 Å². The second-order valence-electron chi connectivity index (χ2n) is 2.77. The summed E-state index contributed by atoms with van der Waals surface area (Å²) in [6.45, 7) is 4.19. The summed E-state index contributed by atoms with van der Waals surface area (Å²) < 4.78 is 4.27. The first kappa shape index (κ1) is 11.9. The summed E-state index contributed by atoms with van der Waals surface area (Å²) in [5, 5.41) is 0. The summed E-state index contributed by atoms with van der Waals surface area (Å²) >= 11 is 0. The fourth-order valence-electron chi connectivity index (χ4n) is 0.995. The minimum Gasteiger partial charge on any atom is -0.392 e. The zero-order valence-corrected chi connectivity index (χ0v) is 8.21. The number of carbonyl (C=O) groups excluding carboxylic acids is 2. The summed E-state index contributed by atoms with van der Waals surface area (Å²) in [6.07, 6.45) is 5.23. The Kier molecular flexibility index (Phi) is 6.88. The van der Waals surface area contributed by atoms with Gasteiger partial charge >= 0.3 is 12.4 Å². The van der Waals surface area contributed by atoms with Crippen molar-refractivity contribution in [1.29, 1.82) is 0 Å². The zero-order chi connectivity index (χ0) is 10.1. The van der Waals surface area contributed by atoms with E-state index in [0.29, 0.717) is 12.0 Å². The van der Waals surface area contributed by atoms with Crippen molar-refractivity contribution in [3.8, 4) is 0 Å². The lowest BCUT2D eigenvalue weighted by Crippen LogP contribution is -2.06. The fourth-order valence-corrected chi connectivity index (χ4v) is 0.995. The summed E-state index contributed by atoms with van der Waals surface area (Å²) in [5.41, 5.74) is 0.608. The van der Waals surface area contributed by atoms with E-state index < -0.39 is 5.97 Å².